The molecule has 16 heteroatoms. The fraction of sp³-hybridized carbons (Fsp3) is 0.405. The summed E-state index contributed by atoms with van der Waals surface area (Å²) in [6.45, 7) is 0.545. The second-order valence-electron chi connectivity index (χ2n) is 13.0. The van der Waals surface area contributed by atoms with E-state index in [1.807, 2.05) is 24.3 Å². The van der Waals surface area contributed by atoms with Crippen molar-refractivity contribution in [3.63, 3.8) is 0 Å². The first-order valence-corrected chi connectivity index (χ1v) is 19.1. The molecule has 284 valence electrons. The van der Waals surface area contributed by atoms with Gasteiger partial charge in [0.25, 0.3) is 0 Å². The number of nitrogens with zero attached hydrogens (tertiary/aromatic N) is 2. The Balaban J connectivity index is 1.62. The Morgan fingerprint density at radius 3 is 2.45 bits per heavy atom. The predicted octanol–water partition coefficient (Wildman–Crippen LogP) is 5.01. The number of pyridine rings is 1. The molecule has 3 atom stereocenters. The number of H-pyrrole nitrogens is 1. The molecule has 0 saturated carbocycles. The Morgan fingerprint density at radius 1 is 0.943 bits per heavy atom. The lowest BCUT2D eigenvalue weighted by molar-refractivity contribution is -0.142. The Labute approximate surface area is 318 Å². The van der Waals surface area contributed by atoms with Crippen LogP contribution < -0.4 is 27.4 Å². The Morgan fingerprint density at radius 2 is 1.70 bits per heavy atom. The maximum absolute atomic E-state index is 14.6. The van der Waals surface area contributed by atoms with Gasteiger partial charge in [-0.2, -0.15) is 13.2 Å². The van der Waals surface area contributed by atoms with Crippen molar-refractivity contribution in [3.05, 3.63) is 87.7 Å². The van der Waals surface area contributed by atoms with Crippen LogP contribution in [0.4, 0.5) is 13.2 Å². The highest BCUT2D eigenvalue weighted by Gasteiger charge is 2.37. The lowest BCUT2D eigenvalue weighted by Crippen LogP contribution is -2.57. The third-order valence-corrected chi connectivity index (χ3v) is 11.0. The maximum Gasteiger partial charge on any atom is 0.417 e. The van der Waals surface area contributed by atoms with Crippen LogP contribution in [0.25, 0.3) is 10.9 Å². The summed E-state index contributed by atoms with van der Waals surface area (Å²) in [5.41, 5.74) is 13.1. The van der Waals surface area contributed by atoms with E-state index in [1.165, 1.54) is 24.2 Å². The zero-order valence-corrected chi connectivity index (χ0v) is 31.7. The van der Waals surface area contributed by atoms with Crippen molar-refractivity contribution in [3.8, 4) is 0 Å². The number of hydrogen-bond acceptors (Lipinski definition) is 8. The van der Waals surface area contributed by atoms with Gasteiger partial charge in [-0.05, 0) is 86.1 Å². The lowest BCUT2D eigenvalue weighted by atomic mass is 10.0. The molecule has 3 amide bonds. The summed E-state index contributed by atoms with van der Waals surface area (Å²) in [5, 5.41) is 10.2. The molecule has 1 aliphatic heterocycles. The molecule has 5 rings (SSSR count). The van der Waals surface area contributed by atoms with E-state index in [-0.39, 0.29) is 40.9 Å². The first-order valence-electron chi connectivity index (χ1n) is 17.5. The Bertz CT molecular complexity index is 1910. The summed E-state index contributed by atoms with van der Waals surface area (Å²) in [7, 11) is 1.51. The number of para-hydroxylation sites is 1. The average molecular weight is 818 g/mol. The molecule has 0 fully saturated rings. The number of amides is 3. The molecular formula is C37H44BrF3N8O3S. The van der Waals surface area contributed by atoms with Gasteiger partial charge in [0, 0.05) is 59.2 Å². The number of likely N-dealkylation sites (N-methyl/N-ethyl adjacent to an activating group) is 1. The molecule has 0 radical (unpaired) electrons. The van der Waals surface area contributed by atoms with Crippen molar-refractivity contribution < 1.29 is 27.6 Å². The summed E-state index contributed by atoms with van der Waals surface area (Å²) in [4.78, 5) is 51.4. The van der Waals surface area contributed by atoms with Crippen molar-refractivity contribution in [1.29, 1.82) is 0 Å². The molecule has 0 spiro atoms. The third-order valence-electron chi connectivity index (χ3n) is 9.26. The lowest BCUT2D eigenvalue weighted by Gasteiger charge is -2.32. The van der Waals surface area contributed by atoms with Crippen LogP contribution in [0.2, 0.25) is 0 Å². The van der Waals surface area contributed by atoms with E-state index in [4.69, 9.17) is 11.5 Å². The van der Waals surface area contributed by atoms with Gasteiger partial charge in [-0.3, -0.25) is 14.4 Å². The van der Waals surface area contributed by atoms with Crippen molar-refractivity contribution in [2.75, 3.05) is 20.1 Å². The van der Waals surface area contributed by atoms with Gasteiger partial charge in [0.15, 0.2) is 0 Å². The molecule has 11 nitrogen and oxygen atoms in total. The van der Waals surface area contributed by atoms with Crippen LogP contribution in [0, 0.1) is 0 Å². The molecule has 0 bridgehead atoms. The summed E-state index contributed by atoms with van der Waals surface area (Å²) in [6, 6.07) is 10.6. The quantitative estimate of drug-likeness (QED) is 0.128. The molecule has 1 aliphatic rings. The van der Waals surface area contributed by atoms with Crippen LogP contribution in [0.1, 0.15) is 54.4 Å². The van der Waals surface area contributed by atoms with Gasteiger partial charge < -0.3 is 37.3 Å². The normalized spacial score (nSPS) is 19.3. The van der Waals surface area contributed by atoms with Gasteiger partial charge in [-0.25, -0.2) is 4.98 Å². The molecule has 2 aromatic heterocycles. The number of fused-ring (bicyclic) bond motifs is 3. The topological polar surface area (TPSA) is 171 Å². The third kappa shape index (κ3) is 10.2. The number of hydrogen-bond donors (Lipinski definition) is 6. The maximum atomic E-state index is 14.6. The van der Waals surface area contributed by atoms with Gasteiger partial charge in [-0.1, -0.05) is 52.0 Å². The number of halogens is 4. The number of carbonyl (C=O) groups is 3. The van der Waals surface area contributed by atoms with E-state index in [2.05, 4.69) is 41.8 Å². The van der Waals surface area contributed by atoms with Crippen LogP contribution in [-0.2, 0) is 40.1 Å². The zero-order valence-electron chi connectivity index (χ0n) is 29.3. The Kier molecular flexibility index (Phi) is 14.0. The summed E-state index contributed by atoms with van der Waals surface area (Å²) >= 11 is 4.08. The monoisotopic (exact) mass is 816 g/mol. The first kappa shape index (κ1) is 40.2. The standard InChI is InChI=1S/C37H44BrF3N8O3S/c1-49-31(17-23-20-45-28-10-3-2-9-26(23)28)34(51)47-21-24-16-25(38)18-27(37(39,40)41)32(24)53-35-22(8-7-15-44-35)19-46-29(12-6-14-43)33(50)48-30(36(49)52)11-4-5-13-42/h2-3,7-10,15-16,18,20,29-31,45-46H,4-6,11-14,17,19,21,42-43H2,1H3,(H,47,51)(H,48,50). The van der Waals surface area contributed by atoms with E-state index in [9.17, 15) is 27.6 Å². The van der Waals surface area contributed by atoms with Crippen LogP contribution in [0.5, 0.6) is 0 Å². The van der Waals surface area contributed by atoms with Gasteiger partial charge in [0.05, 0.1) is 11.6 Å². The molecule has 0 saturated heterocycles. The zero-order chi connectivity index (χ0) is 38.1. The van der Waals surface area contributed by atoms with Crippen molar-refractivity contribution in [2.45, 2.75) is 85.8 Å². The van der Waals surface area contributed by atoms with Crippen molar-refractivity contribution >= 4 is 56.3 Å². The molecule has 3 unspecified atom stereocenters. The smallest absolute Gasteiger partial charge is 0.361 e. The van der Waals surface area contributed by atoms with E-state index in [0.29, 0.717) is 49.4 Å². The molecule has 3 heterocycles. The number of rotatable bonds is 9. The van der Waals surface area contributed by atoms with Gasteiger partial charge in [-0.15, -0.1) is 0 Å². The van der Waals surface area contributed by atoms with E-state index in [1.54, 1.807) is 18.3 Å². The second kappa shape index (κ2) is 18.4. The number of aromatic amines is 1. The highest BCUT2D eigenvalue weighted by atomic mass is 79.9. The first-order chi connectivity index (χ1) is 25.4. The van der Waals surface area contributed by atoms with Gasteiger partial charge in [0.2, 0.25) is 17.7 Å². The minimum Gasteiger partial charge on any atom is -0.361 e. The van der Waals surface area contributed by atoms with E-state index >= 15 is 0 Å². The molecule has 0 aliphatic carbocycles. The average Bonchev–Trinajstić information content (AvgIpc) is 3.55. The van der Waals surface area contributed by atoms with Crippen molar-refractivity contribution in [1.82, 2.24) is 30.8 Å². The van der Waals surface area contributed by atoms with E-state index in [0.717, 1.165) is 34.3 Å². The number of carbonyl (C=O) groups excluding carboxylic acids is 3. The summed E-state index contributed by atoms with van der Waals surface area (Å²) in [5.74, 6) is -1.50. The Hall–Kier alpha value is -3.96. The van der Waals surface area contributed by atoms with Crippen LogP contribution in [0.3, 0.4) is 0 Å². The number of unbranched alkanes of at least 4 members (excludes halogenated alkanes) is 1. The minimum absolute atomic E-state index is 0.0907. The van der Waals surface area contributed by atoms with Crippen molar-refractivity contribution in [2.24, 2.45) is 11.5 Å². The highest BCUT2D eigenvalue weighted by molar-refractivity contribution is 9.10. The molecule has 2 aromatic carbocycles. The number of nitrogens with one attached hydrogen (secondary N) is 4. The van der Waals surface area contributed by atoms with Crippen LogP contribution >= 0.6 is 27.7 Å². The van der Waals surface area contributed by atoms with Gasteiger partial charge in [0.1, 0.15) is 17.1 Å². The molecule has 53 heavy (non-hydrogen) atoms. The SMILES string of the molecule is CN1C(=O)C(CCCCN)NC(=O)C(CCCN)NCc2cccnc2Sc2c(cc(Br)cc2C(F)(F)F)CNC(=O)C1Cc1c[nH]c2ccccc12. The molecule has 8 N–H and O–H groups in total. The van der Waals surface area contributed by atoms with Crippen LogP contribution in [0.15, 0.2) is 75.3 Å². The molecule has 4 aromatic rings. The minimum atomic E-state index is -4.73. The fourth-order valence-electron chi connectivity index (χ4n) is 6.38. The number of nitrogens with two attached hydrogens (primary N) is 2. The molecular weight excluding hydrogens is 773 g/mol. The van der Waals surface area contributed by atoms with Gasteiger partial charge >= 0.3 is 6.18 Å². The number of alkyl halides is 3. The predicted molar refractivity (Wildman–Crippen MR) is 202 cm³/mol. The summed E-state index contributed by atoms with van der Waals surface area (Å²) < 4.78 is 44.1. The van der Waals surface area contributed by atoms with Crippen LogP contribution in [-0.4, -0.2) is 70.9 Å². The summed E-state index contributed by atoms with van der Waals surface area (Å²) in [6.07, 6.45) is 0.903. The number of aromatic nitrogens is 2. The fourth-order valence-corrected chi connectivity index (χ4v) is 8.01. The second-order valence-corrected chi connectivity index (χ2v) is 14.9. The largest absolute Gasteiger partial charge is 0.417 e. The number of benzene rings is 2. The highest BCUT2D eigenvalue weighted by Crippen LogP contribution is 2.43. The van der Waals surface area contributed by atoms with E-state index < -0.39 is 47.6 Å².